The fraction of sp³-hybridized carbons (Fsp3) is 0.214. The Kier molecular flexibility index (Phi) is 4.84. The van der Waals surface area contributed by atoms with Crippen molar-refractivity contribution in [1.29, 1.82) is 0 Å². The van der Waals surface area contributed by atoms with Crippen molar-refractivity contribution in [2.24, 2.45) is 0 Å². The summed E-state index contributed by atoms with van der Waals surface area (Å²) in [6, 6.07) is 8.68. The summed E-state index contributed by atoms with van der Waals surface area (Å²) in [5, 5.41) is 11.7. The van der Waals surface area contributed by atoms with Gasteiger partial charge in [-0.1, -0.05) is 30.3 Å². The molecule has 0 unspecified atom stereocenters. The summed E-state index contributed by atoms with van der Waals surface area (Å²) >= 11 is 1.18. The molecule has 0 aliphatic rings. The monoisotopic (exact) mass is 290 g/mol. The van der Waals surface area contributed by atoms with Gasteiger partial charge in [0.25, 0.3) is 5.91 Å². The first-order chi connectivity index (χ1) is 9.66. The van der Waals surface area contributed by atoms with E-state index in [1.165, 1.54) is 23.0 Å². The number of aliphatic carboxylic acids is 1. The first-order valence-electron chi connectivity index (χ1n) is 6.13. The van der Waals surface area contributed by atoms with Crippen LogP contribution >= 0.6 is 11.3 Å². The van der Waals surface area contributed by atoms with Gasteiger partial charge in [0.15, 0.2) is 0 Å². The molecule has 0 saturated heterocycles. The molecule has 104 valence electrons. The van der Waals surface area contributed by atoms with Crippen LogP contribution in [0.1, 0.15) is 21.7 Å². The zero-order chi connectivity index (χ0) is 14.4. The number of carbonyl (C=O) groups excluding carboxylic acids is 1. The third-order valence-corrected chi connectivity index (χ3v) is 3.60. The fourth-order valence-electron chi connectivity index (χ4n) is 1.77. The van der Waals surface area contributed by atoms with Gasteiger partial charge in [-0.15, -0.1) is 11.3 Å². The van der Waals surface area contributed by atoms with Gasteiger partial charge in [-0.2, -0.15) is 0 Å². The van der Waals surface area contributed by atoms with Crippen molar-refractivity contribution in [3.8, 4) is 0 Å². The van der Waals surface area contributed by atoms with Crippen LogP contribution in [0.2, 0.25) is 0 Å². The first-order valence-corrected chi connectivity index (χ1v) is 7.01. The lowest BCUT2D eigenvalue weighted by atomic mass is 10.1. The number of carboxylic acids is 1. The van der Waals surface area contributed by atoms with Crippen LogP contribution in [-0.4, -0.2) is 28.0 Å². The highest BCUT2D eigenvalue weighted by Crippen LogP contribution is 2.08. The average Bonchev–Trinajstić information content (AvgIpc) is 2.98. The third kappa shape index (κ3) is 3.89. The van der Waals surface area contributed by atoms with E-state index in [1.54, 1.807) is 0 Å². The molecule has 1 atom stereocenters. The highest BCUT2D eigenvalue weighted by atomic mass is 32.1. The Labute approximate surface area is 120 Å². The van der Waals surface area contributed by atoms with Crippen LogP contribution in [0, 0.1) is 0 Å². The average molecular weight is 290 g/mol. The van der Waals surface area contributed by atoms with E-state index in [-0.39, 0.29) is 0 Å². The van der Waals surface area contributed by atoms with Gasteiger partial charge < -0.3 is 10.4 Å². The maximum atomic E-state index is 11.8. The lowest BCUT2D eigenvalue weighted by Gasteiger charge is -2.13. The van der Waals surface area contributed by atoms with E-state index in [1.807, 2.05) is 30.3 Å². The molecule has 0 aliphatic heterocycles. The van der Waals surface area contributed by atoms with E-state index in [2.05, 4.69) is 10.3 Å². The highest BCUT2D eigenvalue weighted by Gasteiger charge is 2.21. The Morgan fingerprint density at radius 1 is 1.30 bits per heavy atom. The number of amides is 1. The molecule has 0 spiro atoms. The van der Waals surface area contributed by atoms with Crippen molar-refractivity contribution in [2.75, 3.05) is 0 Å². The standard InChI is InChI=1S/C14H14N2O3S/c17-13(12-8-15-9-20-12)16-11(14(18)19)7-6-10-4-2-1-3-5-10/h1-5,8-9,11H,6-7H2,(H,16,17)(H,18,19)/t11-/m0/s1. The Balaban J connectivity index is 1.94. The Morgan fingerprint density at radius 2 is 2.05 bits per heavy atom. The zero-order valence-corrected chi connectivity index (χ0v) is 11.5. The molecule has 0 bridgehead atoms. The van der Waals surface area contributed by atoms with Gasteiger partial charge in [0.05, 0.1) is 11.7 Å². The maximum Gasteiger partial charge on any atom is 0.326 e. The van der Waals surface area contributed by atoms with Crippen LogP contribution < -0.4 is 5.32 Å². The van der Waals surface area contributed by atoms with Gasteiger partial charge in [-0.05, 0) is 18.4 Å². The molecule has 0 fully saturated rings. The molecule has 2 aromatic rings. The largest absolute Gasteiger partial charge is 0.480 e. The minimum atomic E-state index is -1.03. The molecular weight excluding hydrogens is 276 g/mol. The first kappa shape index (κ1) is 14.2. The van der Waals surface area contributed by atoms with Crippen molar-refractivity contribution in [3.63, 3.8) is 0 Å². The summed E-state index contributed by atoms with van der Waals surface area (Å²) in [5.74, 6) is -1.42. The molecule has 2 N–H and O–H groups in total. The second-order valence-electron chi connectivity index (χ2n) is 4.25. The number of benzene rings is 1. The van der Waals surface area contributed by atoms with Crippen LogP contribution in [-0.2, 0) is 11.2 Å². The van der Waals surface area contributed by atoms with E-state index in [0.717, 1.165) is 5.56 Å². The Hall–Kier alpha value is -2.21. The summed E-state index contributed by atoms with van der Waals surface area (Å²) in [6.45, 7) is 0. The van der Waals surface area contributed by atoms with E-state index in [4.69, 9.17) is 0 Å². The number of carbonyl (C=O) groups is 2. The van der Waals surface area contributed by atoms with E-state index < -0.39 is 17.9 Å². The van der Waals surface area contributed by atoms with Crippen molar-refractivity contribution in [1.82, 2.24) is 10.3 Å². The minimum absolute atomic E-state index is 0.351. The zero-order valence-electron chi connectivity index (χ0n) is 10.7. The smallest absolute Gasteiger partial charge is 0.326 e. The van der Waals surface area contributed by atoms with Crippen molar-refractivity contribution in [3.05, 3.63) is 52.5 Å². The molecular formula is C14H14N2O3S. The van der Waals surface area contributed by atoms with Gasteiger partial charge >= 0.3 is 5.97 Å². The normalized spacial score (nSPS) is 11.8. The number of thiazole rings is 1. The number of hydrogen-bond donors (Lipinski definition) is 2. The maximum absolute atomic E-state index is 11.8. The van der Waals surface area contributed by atoms with Crippen molar-refractivity contribution >= 4 is 23.2 Å². The predicted molar refractivity (Wildman–Crippen MR) is 75.8 cm³/mol. The van der Waals surface area contributed by atoms with Gasteiger partial charge in [-0.25, -0.2) is 4.79 Å². The van der Waals surface area contributed by atoms with Crippen LogP contribution in [0.4, 0.5) is 0 Å². The summed E-state index contributed by atoms with van der Waals surface area (Å²) in [7, 11) is 0. The SMILES string of the molecule is O=C(N[C@@H](CCc1ccccc1)C(=O)O)c1cncs1. The molecule has 1 amide bonds. The molecule has 0 radical (unpaired) electrons. The summed E-state index contributed by atoms with van der Waals surface area (Å²) in [6.07, 6.45) is 2.38. The third-order valence-electron chi connectivity index (χ3n) is 2.82. The minimum Gasteiger partial charge on any atom is -0.480 e. The quantitative estimate of drug-likeness (QED) is 0.852. The van der Waals surface area contributed by atoms with Crippen LogP contribution in [0.5, 0.6) is 0 Å². The number of carboxylic acid groups (broad SMARTS) is 1. The number of rotatable bonds is 6. The Bertz CT molecular complexity index is 569. The number of nitrogens with zero attached hydrogens (tertiary/aromatic N) is 1. The molecule has 1 heterocycles. The number of hydrogen-bond acceptors (Lipinski definition) is 4. The molecule has 20 heavy (non-hydrogen) atoms. The molecule has 0 saturated carbocycles. The second kappa shape index (κ2) is 6.81. The van der Waals surface area contributed by atoms with Gasteiger partial charge in [0, 0.05) is 0 Å². The highest BCUT2D eigenvalue weighted by molar-refractivity contribution is 7.11. The summed E-state index contributed by atoms with van der Waals surface area (Å²) < 4.78 is 0. The number of aromatic nitrogens is 1. The second-order valence-corrected chi connectivity index (χ2v) is 5.14. The van der Waals surface area contributed by atoms with Gasteiger partial charge in [-0.3, -0.25) is 9.78 Å². The van der Waals surface area contributed by atoms with E-state index in [9.17, 15) is 14.7 Å². The number of aryl methyl sites for hydroxylation is 1. The lowest BCUT2D eigenvalue weighted by molar-refractivity contribution is -0.139. The molecule has 6 heteroatoms. The fourth-order valence-corrected chi connectivity index (χ4v) is 2.29. The molecule has 5 nitrogen and oxygen atoms in total. The molecule has 0 aliphatic carbocycles. The van der Waals surface area contributed by atoms with Gasteiger partial charge in [0.2, 0.25) is 0 Å². The summed E-state index contributed by atoms with van der Waals surface area (Å²) in [5.41, 5.74) is 2.58. The molecule has 1 aromatic heterocycles. The Morgan fingerprint density at radius 3 is 2.65 bits per heavy atom. The predicted octanol–water partition coefficient (Wildman–Crippen LogP) is 1.96. The van der Waals surface area contributed by atoms with Crippen LogP contribution in [0.3, 0.4) is 0 Å². The van der Waals surface area contributed by atoms with Crippen LogP contribution in [0.15, 0.2) is 42.0 Å². The van der Waals surface area contributed by atoms with E-state index >= 15 is 0 Å². The molecule has 1 aromatic carbocycles. The van der Waals surface area contributed by atoms with Gasteiger partial charge in [0.1, 0.15) is 10.9 Å². The summed E-state index contributed by atoms with van der Waals surface area (Å²) in [4.78, 5) is 27.2. The van der Waals surface area contributed by atoms with Crippen molar-refractivity contribution < 1.29 is 14.7 Å². The lowest BCUT2D eigenvalue weighted by Crippen LogP contribution is -2.40. The topological polar surface area (TPSA) is 79.3 Å². The molecule has 2 rings (SSSR count). The van der Waals surface area contributed by atoms with E-state index in [0.29, 0.717) is 17.7 Å². The number of nitrogens with one attached hydrogen (secondary N) is 1. The van der Waals surface area contributed by atoms with Crippen molar-refractivity contribution in [2.45, 2.75) is 18.9 Å². The van der Waals surface area contributed by atoms with Crippen LogP contribution in [0.25, 0.3) is 0 Å².